The van der Waals surface area contributed by atoms with Gasteiger partial charge in [0, 0.05) is 5.69 Å². The van der Waals surface area contributed by atoms with E-state index in [-0.39, 0.29) is 6.04 Å². The van der Waals surface area contributed by atoms with Gasteiger partial charge in [0.05, 0.1) is 17.4 Å². The second-order valence-corrected chi connectivity index (χ2v) is 4.34. The maximum atomic E-state index is 5.76. The summed E-state index contributed by atoms with van der Waals surface area (Å²) in [5.41, 5.74) is 9.33. The highest BCUT2D eigenvalue weighted by molar-refractivity contribution is 5.43. The molecule has 0 bridgehead atoms. The van der Waals surface area contributed by atoms with Gasteiger partial charge in [0.15, 0.2) is 0 Å². The summed E-state index contributed by atoms with van der Waals surface area (Å²) < 4.78 is 0. The molecule has 1 heterocycles. The zero-order valence-electron chi connectivity index (χ0n) is 10.8. The molecule has 0 spiro atoms. The first-order chi connectivity index (χ1) is 8.56. The number of hydrogen-bond donors (Lipinski definition) is 2. The van der Waals surface area contributed by atoms with Crippen LogP contribution in [0.4, 0.5) is 11.6 Å². The molecular weight excluding hydrogens is 226 g/mol. The Balaban J connectivity index is 2.16. The molecule has 18 heavy (non-hydrogen) atoms. The third-order valence-corrected chi connectivity index (χ3v) is 2.85. The monoisotopic (exact) mass is 243 g/mol. The van der Waals surface area contributed by atoms with E-state index in [0.29, 0.717) is 5.95 Å². The zero-order valence-corrected chi connectivity index (χ0v) is 10.8. The Bertz CT molecular complexity index is 553. The molecule has 1 aromatic carbocycles. The molecule has 0 radical (unpaired) electrons. The van der Waals surface area contributed by atoms with Gasteiger partial charge in [-0.15, -0.1) is 5.10 Å². The summed E-state index contributed by atoms with van der Waals surface area (Å²) in [5, 5.41) is 11.3. The molecule has 3 N–H and O–H groups in total. The highest BCUT2D eigenvalue weighted by atomic mass is 15.2. The van der Waals surface area contributed by atoms with Gasteiger partial charge in [-0.1, -0.05) is 12.1 Å². The van der Waals surface area contributed by atoms with Crippen LogP contribution in [0.25, 0.3) is 0 Å². The largest absolute Gasteiger partial charge is 0.399 e. The van der Waals surface area contributed by atoms with E-state index in [1.54, 1.807) is 0 Å². The lowest BCUT2D eigenvalue weighted by Gasteiger charge is -2.14. The number of nitrogen functional groups attached to an aromatic ring is 1. The Morgan fingerprint density at radius 2 is 1.94 bits per heavy atom. The summed E-state index contributed by atoms with van der Waals surface area (Å²) in [5.74, 6) is 0.535. The van der Waals surface area contributed by atoms with Crippen LogP contribution in [0.3, 0.4) is 0 Å². The minimum Gasteiger partial charge on any atom is -0.399 e. The number of nitrogens with two attached hydrogens (primary N) is 1. The second-order valence-electron chi connectivity index (χ2n) is 4.34. The number of benzene rings is 1. The van der Waals surface area contributed by atoms with Crippen LogP contribution in [-0.4, -0.2) is 15.2 Å². The number of rotatable bonds is 3. The van der Waals surface area contributed by atoms with Crippen molar-refractivity contribution in [3.8, 4) is 0 Å². The Morgan fingerprint density at radius 3 is 2.61 bits per heavy atom. The first kappa shape index (κ1) is 12.3. The van der Waals surface area contributed by atoms with E-state index in [2.05, 4.69) is 20.5 Å². The summed E-state index contributed by atoms with van der Waals surface area (Å²) >= 11 is 0. The van der Waals surface area contributed by atoms with E-state index in [1.165, 1.54) is 0 Å². The van der Waals surface area contributed by atoms with Gasteiger partial charge in [-0.2, -0.15) is 5.10 Å². The van der Waals surface area contributed by atoms with Crippen LogP contribution in [0.5, 0.6) is 0 Å². The van der Waals surface area contributed by atoms with Crippen molar-refractivity contribution in [2.24, 2.45) is 0 Å². The average molecular weight is 243 g/mol. The van der Waals surface area contributed by atoms with Gasteiger partial charge < -0.3 is 11.1 Å². The van der Waals surface area contributed by atoms with Gasteiger partial charge in [0.2, 0.25) is 5.95 Å². The van der Waals surface area contributed by atoms with Crippen molar-refractivity contribution < 1.29 is 0 Å². The Morgan fingerprint density at radius 1 is 1.17 bits per heavy atom. The number of anilines is 2. The number of nitrogens with one attached hydrogen (secondary N) is 1. The molecule has 1 atom stereocenters. The fourth-order valence-corrected chi connectivity index (χ4v) is 1.62. The maximum Gasteiger partial charge on any atom is 0.243 e. The SMILES string of the molecule is Cc1nnc(NC(C)c2cccc(N)c2)nc1C. The first-order valence-corrected chi connectivity index (χ1v) is 5.86. The van der Waals surface area contributed by atoms with Gasteiger partial charge in [0.25, 0.3) is 0 Å². The van der Waals surface area contributed by atoms with E-state index in [1.807, 2.05) is 45.0 Å². The van der Waals surface area contributed by atoms with Crippen LogP contribution < -0.4 is 11.1 Å². The van der Waals surface area contributed by atoms with E-state index >= 15 is 0 Å². The van der Waals surface area contributed by atoms with Gasteiger partial charge in [-0.05, 0) is 38.5 Å². The van der Waals surface area contributed by atoms with Crippen molar-refractivity contribution in [3.63, 3.8) is 0 Å². The summed E-state index contributed by atoms with van der Waals surface area (Å²) in [6, 6.07) is 7.83. The van der Waals surface area contributed by atoms with E-state index in [4.69, 9.17) is 5.73 Å². The predicted octanol–water partition coefficient (Wildman–Crippen LogP) is 2.24. The average Bonchev–Trinajstić information content (AvgIpc) is 2.34. The second kappa shape index (κ2) is 5.00. The molecule has 2 aromatic rings. The first-order valence-electron chi connectivity index (χ1n) is 5.86. The summed E-state index contributed by atoms with van der Waals surface area (Å²) in [6.45, 7) is 5.84. The minimum atomic E-state index is 0.0809. The quantitative estimate of drug-likeness (QED) is 0.808. The zero-order chi connectivity index (χ0) is 13.1. The molecule has 0 aliphatic carbocycles. The van der Waals surface area contributed by atoms with E-state index in [0.717, 1.165) is 22.6 Å². The summed E-state index contributed by atoms with van der Waals surface area (Å²) in [4.78, 5) is 4.34. The molecule has 0 aliphatic heterocycles. The number of nitrogens with zero attached hydrogens (tertiary/aromatic N) is 3. The molecule has 2 rings (SSSR count). The number of aromatic nitrogens is 3. The Hall–Kier alpha value is -2.17. The molecule has 0 aliphatic rings. The Labute approximate surface area is 106 Å². The molecule has 94 valence electrons. The van der Waals surface area contributed by atoms with Crippen molar-refractivity contribution in [3.05, 3.63) is 41.2 Å². The topological polar surface area (TPSA) is 76.7 Å². The minimum absolute atomic E-state index is 0.0809. The maximum absolute atomic E-state index is 5.76. The van der Waals surface area contributed by atoms with E-state index in [9.17, 15) is 0 Å². The van der Waals surface area contributed by atoms with Crippen LogP contribution in [-0.2, 0) is 0 Å². The summed E-state index contributed by atoms with van der Waals surface area (Å²) in [7, 11) is 0. The lowest BCUT2D eigenvalue weighted by atomic mass is 10.1. The fourth-order valence-electron chi connectivity index (χ4n) is 1.62. The van der Waals surface area contributed by atoms with Crippen LogP contribution in [0, 0.1) is 13.8 Å². The normalized spacial score (nSPS) is 12.2. The van der Waals surface area contributed by atoms with Crippen LogP contribution >= 0.6 is 0 Å². The molecule has 0 amide bonds. The fraction of sp³-hybridized carbons (Fsp3) is 0.308. The lowest BCUT2D eigenvalue weighted by Crippen LogP contribution is -2.11. The molecule has 5 nitrogen and oxygen atoms in total. The molecule has 1 unspecified atom stereocenters. The molecular formula is C13H17N5. The van der Waals surface area contributed by atoms with Crippen LogP contribution in [0.1, 0.15) is 29.9 Å². The number of hydrogen-bond acceptors (Lipinski definition) is 5. The summed E-state index contributed by atoms with van der Waals surface area (Å²) in [6.07, 6.45) is 0. The molecule has 0 fully saturated rings. The third-order valence-electron chi connectivity index (χ3n) is 2.85. The third kappa shape index (κ3) is 2.74. The lowest BCUT2D eigenvalue weighted by molar-refractivity contribution is 0.821. The molecule has 0 saturated heterocycles. The smallest absolute Gasteiger partial charge is 0.243 e. The van der Waals surface area contributed by atoms with Crippen molar-refractivity contribution >= 4 is 11.6 Å². The molecule has 1 aromatic heterocycles. The van der Waals surface area contributed by atoms with Crippen molar-refractivity contribution in [2.45, 2.75) is 26.8 Å². The molecule has 5 heteroatoms. The van der Waals surface area contributed by atoms with Gasteiger partial charge >= 0.3 is 0 Å². The Kier molecular flexibility index (Phi) is 3.41. The standard InChI is InChI=1S/C13H17N5/c1-8-9(2)17-18-13(15-8)16-10(3)11-5-4-6-12(14)7-11/h4-7,10H,14H2,1-3H3,(H,15,16,18). The van der Waals surface area contributed by atoms with Gasteiger partial charge in [-0.25, -0.2) is 4.98 Å². The number of aryl methyl sites for hydroxylation is 2. The van der Waals surface area contributed by atoms with Crippen LogP contribution in [0.15, 0.2) is 24.3 Å². The highest BCUT2D eigenvalue weighted by Crippen LogP contribution is 2.18. The van der Waals surface area contributed by atoms with Crippen molar-refractivity contribution in [1.82, 2.24) is 15.2 Å². The van der Waals surface area contributed by atoms with Crippen molar-refractivity contribution in [2.75, 3.05) is 11.1 Å². The molecule has 0 saturated carbocycles. The van der Waals surface area contributed by atoms with E-state index < -0.39 is 0 Å². The van der Waals surface area contributed by atoms with Crippen molar-refractivity contribution in [1.29, 1.82) is 0 Å². The highest BCUT2D eigenvalue weighted by Gasteiger charge is 2.08. The van der Waals surface area contributed by atoms with Gasteiger partial charge in [-0.3, -0.25) is 0 Å². The predicted molar refractivity (Wildman–Crippen MR) is 72.2 cm³/mol. The van der Waals surface area contributed by atoms with Crippen LogP contribution in [0.2, 0.25) is 0 Å². The van der Waals surface area contributed by atoms with Gasteiger partial charge in [0.1, 0.15) is 0 Å².